The maximum atomic E-state index is 12.4. The zero-order valence-corrected chi connectivity index (χ0v) is 6.51. The number of hydrogen-bond acceptors (Lipinski definition) is 2. The highest BCUT2D eigenvalue weighted by Gasteiger charge is 2.61. The number of carbonyl (C=O) groups excluding carboxylic acids is 1. The summed E-state index contributed by atoms with van der Waals surface area (Å²) in [5.74, 6) is -4.07. The van der Waals surface area contributed by atoms with Crippen molar-refractivity contribution in [3.05, 3.63) is 0 Å². The quantitative estimate of drug-likeness (QED) is 0.573. The van der Waals surface area contributed by atoms with Crippen LogP contribution in [0.25, 0.3) is 0 Å². The Kier molecular flexibility index (Phi) is 1.89. The van der Waals surface area contributed by atoms with E-state index < -0.39 is 36.3 Å². The monoisotopic (exact) mass is 194 g/mol. The highest BCUT2D eigenvalue weighted by atomic mass is 19.3. The third-order valence-corrected chi connectivity index (χ3v) is 1.94. The van der Waals surface area contributed by atoms with E-state index >= 15 is 0 Å². The molecule has 1 fully saturated rings. The van der Waals surface area contributed by atoms with Crippen LogP contribution in [0.15, 0.2) is 0 Å². The molecular weight excluding hydrogens is 186 g/mol. The lowest BCUT2D eigenvalue weighted by atomic mass is 9.73. The molecule has 1 saturated carbocycles. The number of rotatable bonds is 2. The number of carboxylic acid groups (broad SMARTS) is 1. The van der Waals surface area contributed by atoms with Gasteiger partial charge in [-0.3, -0.25) is 4.79 Å². The Labute approximate surface area is 71.9 Å². The first kappa shape index (κ1) is 9.69. The lowest BCUT2D eigenvalue weighted by Gasteiger charge is -2.44. The first-order chi connectivity index (χ1) is 5.77. The van der Waals surface area contributed by atoms with E-state index in [1.807, 2.05) is 0 Å². The first-order valence-corrected chi connectivity index (χ1v) is 3.46. The Morgan fingerprint density at radius 2 is 1.85 bits per heavy atom. The van der Waals surface area contributed by atoms with Crippen LogP contribution < -0.4 is 11.1 Å². The molecule has 1 aliphatic carbocycles. The van der Waals surface area contributed by atoms with Crippen molar-refractivity contribution >= 4 is 12.0 Å². The summed E-state index contributed by atoms with van der Waals surface area (Å²) in [4.78, 5) is 20.8. The molecule has 5 nitrogen and oxygen atoms in total. The van der Waals surface area contributed by atoms with Crippen molar-refractivity contribution in [3.63, 3.8) is 0 Å². The Bertz CT molecular complexity index is 259. The van der Waals surface area contributed by atoms with Gasteiger partial charge in [0.05, 0.1) is 0 Å². The van der Waals surface area contributed by atoms with Crippen LogP contribution in [0.1, 0.15) is 12.8 Å². The molecule has 0 aliphatic heterocycles. The van der Waals surface area contributed by atoms with Gasteiger partial charge in [0, 0.05) is 12.8 Å². The molecule has 1 aliphatic rings. The average Bonchev–Trinajstić information content (AvgIpc) is 1.80. The summed E-state index contributed by atoms with van der Waals surface area (Å²) in [6.45, 7) is 0. The van der Waals surface area contributed by atoms with Gasteiger partial charge in [-0.25, -0.2) is 13.6 Å². The minimum Gasteiger partial charge on any atom is -0.465 e. The summed E-state index contributed by atoms with van der Waals surface area (Å²) in [5, 5.41) is 9.98. The molecule has 4 N–H and O–H groups in total. The molecular formula is C6H8F2N2O3. The number of nitrogens with two attached hydrogens (primary N) is 1. The van der Waals surface area contributed by atoms with Gasteiger partial charge in [0.1, 0.15) is 5.54 Å². The van der Waals surface area contributed by atoms with Crippen LogP contribution in [0.5, 0.6) is 0 Å². The van der Waals surface area contributed by atoms with Gasteiger partial charge >= 0.3 is 6.09 Å². The molecule has 0 radical (unpaired) electrons. The molecule has 0 heterocycles. The van der Waals surface area contributed by atoms with Crippen molar-refractivity contribution in [2.24, 2.45) is 5.73 Å². The number of nitrogens with one attached hydrogen (secondary N) is 1. The van der Waals surface area contributed by atoms with Gasteiger partial charge in [0.25, 0.3) is 5.92 Å². The van der Waals surface area contributed by atoms with E-state index in [1.54, 1.807) is 5.32 Å². The van der Waals surface area contributed by atoms with Gasteiger partial charge < -0.3 is 16.2 Å². The maximum Gasteiger partial charge on any atom is 0.405 e. The minimum absolute atomic E-state index is 0.859. The molecule has 0 spiro atoms. The van der Waals surface area contributed by atoms with Gasteiger partial charge in [-0.2, -0.15) is 0 Å². The predicted octanol–water partition coefficient (Wildman–Crippen LogP) is -0.0928. The molecule has 13 heavy (non-hydrogen) atoms. The van der Waals surface area contributed by atoms with Crippen molar-refractivity contribution in [1.82, 2.24) is 5.32 Å². The molecule has 0 atom stereocenters. The first-order valence-electron chi connectivity index (χ1n) is 3.46. The summed E-state index contributed by atoms with van der Waals surface area (Å²) >= 11 is 0. The van der Waals surface area contributed by atoms with Crippen LogP contribution in [-0.4, -0.2) is 28.6 Å². The zero-order chi connectivity index (χ0) is 10.3. The molecule has 0 aromatic heterocycles. The van der Waals surface area contributed by atoms with Crippen molar-refractivity contribution in [1.29, 1.82) is 0 Å². The summed E-state index contributed by atoms with van der Waals surface area (Å²) < 4.78 is 24.8. The second-order valence-corrected chi connectivity index (χ2v) is 3.09. The maximum absolute atomic E-state index is 12.4. The number of amides is 2. The molecule has 0 bridgehead atoms. The highest BCUT2D eigenvalue weighted by Crippen LogP contribution is 2.45. The van der Waals surface area contributed by atoms with Gasteiger partial charge in [-0.1, -0.05) is 0 Å². The van der Waals surface area contributed by atoms with Gasteiger partial charge in [-0.05, 0) is 0 Å². The molecule has 2 amide bonds. The van der Waals surface area contributed by atoms with Crippen LogP contribution >= 0.6 is 0 Å². The van der Waals surface area contributed by atoms with Crippen LogP contribution in [0, 0.1) is 0 Å². The van der Waals surface area contributed by atoms with Crippen LogP contribution in [-0.2, 0) is 4.79 Å². The largest absolute Gasteiger partial charge is 0.465 e. The predicted molar refractivity (Wildman–Crippen MR) is 37.3 cm³/mol. The number of carbonyl (C=O) groups is 2. The molecule has 0 saturated heterocycles. The molecule has 7 heteroatoms. The molecule has 0 unspecified atom stereocenters. The molecule has 0 aromatic carbocycles. The summed E-state index contributed by atoms with van der Waals surface area (Å²) in [6.07, 6.45) is -3.25. The van der Waals surface area contributed by atoms with E-state index in [1.165, 1.54) is 0 Å². The fraction of sp³-hybridized carbons (Fsp3) is 0.667. The number of hydrogen-bond donors (Lipinski definition) is 3. The van der Waals surface area contributed by atoms with Crippen molar-refractivity contribution in [2.75, 3.05) is 0 Å². The number of halogens is 2. The lowest BCUT2D eigenvalue weighted by molar-refractivity contribution is -0.158. The Morgan fingerprint density at radius 1 is 1.38 bits per heavy atom. The van der Waals surface area contributed by atoms with Gasteiger partial charge in [0.15, 0.2) is 0 Å². The smallest absolute Gasteiger partial charge is 0.405 e. The topological polar surface area (TPSA) is 92.4 Å². The van der Waals surface area contributed by atoms with Crippen molar-refractivity contribution in [3.8, 4) is 0 Å². The number of alkyl halides is 2. The van der Waals surface area contributed by atoms with Gasteiger partial charge in [-0.15, -0.1) is 0 Å². The SMILES string of the molecule is NC(=O)C1(NC(=O)O)CC(F)(F)C1. The second kappa shape index (κ2) is 2.54. The van der Waals surface area contributed by atoms with E-state index in [9.17, 15) is 18.4 Å². The molecule has 1 rings (SSSR count). The van der Waals surface area contributed by atoms with E-state index in [2.05, 4.69) is 0 Å². The Hall–Kier alpha value is -1.40. The highest BCUT2D eigenvalue weighted by molar-refractivity contribution is 5.89. The normalized spacial score (nSPS) is 22.9. The zero-order valence-electron chi connectivity index (χ0n) is 6.51. The third kappa shape index (κ3) is 1.68. The Balaban J connectivity index is 2.71. The number of primary amides is 1. The summed E-state index contributed by atoms with van der Waals surface area (Å²) in [5.41, 5.74) is 3.02. The molecule has 0 aromatic rings. The summed E-state index contributed by atoms with van der Waals surface area (Å²) in [6, 6.07) is 0. The molecule has 74 valence electrons. The van der Waals surface area contributed by atoms with E-state index in [0.29, 0.717) is 0 Å². The lowest BCUT2D eigenvalue weighted by Crippen LogP contribution is -2.68. The van der Waals surface area contributed by atoms with E-state index in [4.69, 9.17) is 10.8 Å². The fourth-order valence-electron chi connectivity index (χ4n) is 1.36. The fourth-order valence-corrected chi connectivity index (χ4v) is 1.36. The van der Waals surface area contributed by atoms with E-state index in [-0.39, 0.29) is 0 Å². The minimum atomic E-state index is -3.00. The van der Waals surface area contributed by atoms with E-state index in [0.717, 1.165) is 0 Å². The third-order valence-electron chi connectivity index (χ3n) is 1.94. The average molecular weight is 194 g/mol. The van der Waals surface area contributed by atoms with Gasteiger partial charge in [0.2, 0.25) is 5.91 Å². The Morgan fingerprint density at radius 3 is 2.08 bits per heavy atom. The second-order valence-electron chi connectivity index (χ2n) is 3.09. The van der Waals surface area contributed by atoms with Crippen molar-refractivity contribution < 1.29 is 23.5 Å². The van der Waals surface area contributed by atoms with Crippen LogP contribution in [0.2, 0.25) is 0 Å². The standard InChI is InChI=1S/C6H8F2N2O3/c7-6(8)1-5(2-6,3(9)11)10-4(12)13/h10H,1-2H2,(H2,9,11)(H,12,13). The van der Waals surface area contributed by atoms with Crippen molar-refractivity contribution in [2.45, 2.75) is 24.3 Å². The van der Waals surface area contributed by atoms with Crippen LogP contribution in [0.4, 0.5) is 13.6 Å². The summed E-state index contributed by atoms with van der Waals surface area (Å²) in [7, 11) is 0. The van der Waals surface area contributed by atoms with Crippen LogP contribution in [0.3, 0.4) is 0 Å².